The molecule has 1 aromatic heterocycles. The highest BCUT2D eigenvalue weighted by molar-refractivity contribution is 14.0. The Kier molecular flexibility index (Phi) is 9.01. The zero-order valence-corrected chi connectivity index (χ0v) is 16.4. The number of aryl methyl sites for hydroxylation is 1. The second-order valence-electron chi connectivity index (χ2n) is 5.18. The number of H-pyrrole nitrogens is 1. The van der Waals surface area contributed by atoms with E-state index in [1.165, 1.54) is 22.0 Å². The van der Waals surface area contributed by atoms with Crippen LogP contribution in [0.15, 0.2) is 29.4 Å². The highest BCUT2D eigenvalue weighted by atomic mass is 127. The van der Waals surface area contributed by atoms with Crippen LogP contribution in [0.1, 0.15) is 18.1 Å². The number of hydrogen-bond acceptors (Lipinski definition) is 2. The molecule has 23 heavy (non-hydrogen) atoms. The third kappa shape index (κ3) is 5.69. The molecule has 0 amide bonds. The first kappa shape index (κ1) is 19.8. The fourth-order valence-electron chi connectivity index (χ4n) is 2.57. The molecular weight excluding hydrogens is 403 g/mol. The first-order valence-corrected chi connectivity index (χ1v) is 7.84. The topological polar surface area (TPSA) is 61.4 Å². The lowest BCUT2D eigenvalue weighted by atomic mass is 10.1. The summed E-state index contributed by atoms with van der Waals surface area (Å²) < 4.78 is 5.30. The average Bonchev–Trinajstić information content (AvgIpc) is 2.94. The molecule has 0 atom stereocenters. The Bertz CT molecular complexity index is 624. The second kappa shape index (κ2) is 10.5. The van der Waals surface area contributed by atoms with Crippen molar-refractivity contribution in [2.45, 2.75) is 20.3 Å². The molecule has 0 bridgehead atoms. The number of nitrogens with zero attached hydrogens (tertiary/aromatic N) is 1. The minimum atomic E-state index is 0. The Morgan fingerprint density at radius 2 is 2.04 bits per heavy atom. The number of guanidine groups is 1. The number of halogens is 1. The van der Waals surface area contributed by atoms with E-state index in [1.807, 2.05) is 6.92 Å². The van der Waals surface area contributed by atoms with Crippen molar-refractivity contribution >= 4 is 40.8 Å². The molecule has 6 heteroatoms. The first-order valence-electron chi connectivity index (χ1n) is 7.84. The van der Waals surface area contributed by atoms with Gasteiger partial charge in [0.1, 0.15) is 0 Å². The van der Waals surface area contributed by atoms with Gasteiger partial charge in [-0.2, -0.15) is 0 Å². The third-order valence-electron chi connectivity index (χ3n) is 3.65. The molecule has 5 nitrogen and oxygen atoms in total. The molecule has 128 valence electrons. The summed E-state index contributed by atoms with van der Waals surface area (Å²) in [7, 11) is 1.78. The van der Waals surface area contributed by atoms with Crippen LogP contribution in [-0.4, -0.2) is 44.3 Å². The number of benzene rings is 1. The predicted octanol–water partition coefficient (Wildman–Crippen LogP) is 2.84. The Labute approximate surface area is 155 Å². The monoisotopic (exact) mass is 430 g/mol. The zero-order chi connectivity index (χ0) is 15.8. The van der Waals surface area contributed by atoms with E-state index in [0.717, 1.165) is 32.1 Å². The molecule has 1 heterocycles. The van der Waals surface area contributed by atoms with Crippen LogP contribution in [0.4, 0.5) is 0 Å². The number of aromatic amines is 1. The molecule has 0 saturated carbocycles. The molecule has 2 rings (SSSR count). The van der Waals surface area contributed by atoms with Gasteiger partial charge in [-0.15, -0.1) is 24.0 Å². The van der Waals surface area contributed by atoms with Crippen molar-refractivity contribution in [3.05, 3.63) is 35.5 Å². The number of aliphatic imine (C=N–C) groups is 1. The van der Waals surface area contributed by atoms with Gasteiger partial charge in [0.2, 0.25) is 0 Å². The summed E-state index contributed by atoms with van der Waals surface area (Å²) in [5, 5.41) is 7.91. The summed E-state index contributed by atoms with van der Waals surface area (Å²) in [6.45, 7) is 7.19. The van der Waals surface area contributed by atoms with E-state index in [4.69, 9.17) is 4.74 Å². The molecule has 0 saturated heterocycles. The van der Waals surface area contributed by atoms with Crippen molar-refractivity contribution < 1.29 is 4.74 Å². The lowest BCUT2D eigenvalue weighted by Gasteiger charge is -2.11. The lowest BCUT2D eigenvalue weighted by Crippen LogP contribution is -2.39. The van der Waals surface area contributed by atoms with Crippen LogP contribution in [0.2, 0.25) is 0 Å². The van der Waals surface area contributed by atoms with E-state index < -0.39 is 0 Å². The maximum absolute atomic E-state index is 5.30. The van der Waals surface area contributed by atoms with Crippen molar-refractivity contribution in [3.63, 3.8) is 0 Å². The third-order valence-corrected chi connectivity index (χ3v) is 3.65. The Morgan fingerprint density at radius 3 is 2.78 bits per heavy atom. The first-order chi connectivity index (χ1) is 10.8. The summed E-state index contributed by atoms with van der Waals surface area (Å²) >= 11 is 0. The highest BCUT2D eigenvalue weighted by Crippen LogP contribution is 2.22. The van der Waals surface area contributed by atoms with Crippen molar-refractivity contribution in [3.8, 4) is 0 Å². The van der Waals surface area contributed by atoms with Gasteiger partial charge in [-0.05, 0) is 37.5 Å². The predicted molar refractivity (Wildman–Crippen MR) is 108 cm³/mol. The van der Waals surface area contributed by atoms with Crippen molar-refractivity contribution in [1.82, 2.24) is 15.6 Å². The van der Waals surface area contributed by atoms with Gasteiger partial charge >= 0.3 is 0 Å². The van der Waals surface area contributed by atoms with Crippen LogP contribution >= 0.6 is 24.0 Å². The summed E-state index contributed by atoms with van der Waals surface area (Å²) in [4.78, 5) is 7.55. The number of nitrogens with one attached hydrogen (secondary N) is 3. The van der Waals surface area contributed by atoms with E-state index in [-0.39, 0.29) is 24.0 Å². The van der Waals surface area contributed by atoms with Crippen molar-refractivity contribution in [2.24, 2.45) is 4.99 Å². The molecule has 2 aromatic rings. The molecule has 0 aliphatic rings. The van der Waals surface area contributed by atoms with Crippen LogP contribution in [0.5, 0.6) is 0 Å². The maximum Gasteiger partial charge on any atom is 0.191 e. The Balaban J connectivity index is 0.00000264. The number of ether oxygens (including phenoxy) is 1. The molecule has 0 unspecified atom stereocenters. The lowest BCUT2D eigenvalue weighted by molar-refractivity contribution is 0.152. The fourth-order valence-corrected chi connectivity index (χ4v) is 2.57. The molecule has 1 aromatic carbocycles. The van der Waals surface area contributed by atoms with Gasteiger partial charge in [-0.3, -0.25) is 4.99 Å². The quantitative estimate of drug-likeness (QED) is 0.274. The standard InChI is InChI=1S/C17H26N4O.HI/c1-4-22-11-10-20-17(18-3)19-9-8-14-12-21-15-7-5-6-13(2)16(14)15;/h5-7,12,21H,4,8-11H2,1-3H3,(H2,18,19,20);1H. The van der Waals surface area contributed by atoms with Crippen LogP contribution < -0.4 is 10.6 Å². The molecule has 0 radical (unpaired) electrons. The Hall–Kier alpha value is -1.28. The van der Waals surface area contributed by atoms with E-state index in [1.54, 1.807) is 7.05 Å². The average molecular weight is 430 g/mol. The van der Waals surface area contributed by atoms with Gasteiger partial charge in [0, 0.05) is 43.8 Å². The molecule has 0 fully saturated rings. The number of hydrogen-bond donors (Lipinski definition) is 3. The number of fused-ring (bicyclic) bond motifs is 1. The van der Waals surface area contributed by atoms with Gasteiger partial charge in [-0.25, -0.2) is 0 Å². The zero-order valence-electron chi connectivity index (χ0n) is 14.1. The van der Waals surface area contributed by atoms with Crippen molar-refractivity contribution in [2.75, 3.05) is 33.4 Å². The van der Waals surface area contributed by atoms with Crippen LogP contribution in [0.25, 0.3) is 10.9 Å². The summed E-state index contributed by atoms with van der Waals surface area (Å²) in [6, 6.07) is 6.36. The fraction of sp³-hybridized carbons (Fsp3) is 0.471. The van der Waals surface area contributed by atoms with Gasteiger partial charge < -0.3 is 20.4 Å². The largest absolute Gasteiger partial charge is 0.380 e. The Morgan fingerprint density at radius 1 is 1.26 bits per heavy atom. The molecule has 3 N–H and O–H groups in total. The molecule has 0 spiro atoms. The van der Waals surface area contributed by atoms with Crippen molar-refractivity contribution in [1.29, 1.82) is 0 Å². The second-order valence-corrected chi connectivity index (χ2v) is 5.18. The van der Waals surface area contributed by atoms with E-state index in [9.17, 15) is 0 Å². The van der Waals surface area contributed by atoms with Crippen LogP contribution in [0, 0.1) is 6.92 Å². The highest BCUT2D eigenvalue weighted by Gasteiger charge is 2.06. The van der Waals surface area contributed by atoms with E-state index >= 15 is 0 Å². The van der Waals surface area contributed by atoms with Gasteiger partial charge in [0.25, 0.3) is 0 Å². The normalized spacial score (nSPS) is 11.3. The number of rotatable bonds is 7. The molecular formula is C17H27IN4O. The smallest absolute Gasteiger partial charge is 0.191 e. The van der Waals surface area contributed by atoms with E-state index in [0.29, 0.717) is 6.61 Å². The summed E-state index contributed by atoms with van der Waals surface area (Å²) in [5.41, 5.74) is 3.85. The van der Waals surface area contributed by atoms with Gasteiger partial charge in [-0.1, -0.05) is 12.1 Å². The van der Waals surface area contributed by atoms with Gasteiger partial charge in [0.05, 0.1) is 6.61 Å². The van der Waals surface area contributed by atoms with Crippen LogP contribution in [-0.2, 0) is 11.2 Å². The minimum absolute atomic E-state index is 0. The van der Waals surface area contributed by atoms with Gasteiger partial charge in [0.15, 0.2) is 5.96 Å². The SMILES string of the molecule is CCOCCNC(=NC)NCCc1c[nH]c2cccc(C)c12.I. The van der Waals surface area contributed by atoms with E-state index in [2.05, 4.69) is 51.9 Å². The molecule has 0 aliphatic carbocycles. The molecule has 0 aliphatic heterocycles. The maximum atomic E-state index is 5.30. The summed E-state index contributed by atoms with van der Waals surface area (Å²) in [6.07, 6.45) is 3.06. The van der Waals surface area contributed by atoms with Crippen LogP contribution in [0.3, 0.4) is 0 Å². The summed E-state index contributed by atoms with van der Waals surface area (Å²) in [5.74, 6) is 0.816. The minimum Gasteiger partial charge on any atom is -0.380 e. The number of aromatic nitrogens is 1.